The van der Waals surface area contributed by atoms with Crippen molar-refractivity contribution in [2.45, 2.75) is 26.9 Å². The average molecular weight is 328 g/mol. The highest BCUT2D eigenvalue weighted by atomic mass is 19.1. The van der Waals surface area contributed by atoms with Gasteiger partial charge in [-0.1, -0.05) is 0 Å². The first-order chi connectivity index (χ1) is 11.5. The molecular weight excluding hydrogens is 311 g/mol. The zero-order valence-electron chi connectivity index (χ0n) is 13.5. The van der Waals surface area contributed by atoms with E-state index in [0.29, 0.717) is 17.3 Å². The van der Waals surface area contributed by atoms with Gasteiger partial charge in [-0.25, -0.2) is 9.37 Å². The van der Waals surface area contributed by atoms with Crippen LogP contribution in [0.5, 0.6) is 6.01 Å². The fourth-order valence-corrected chi connectivity index (χ4v) is 2.06. The number of aromatic nitrogens is 5. The summed E-state index contributed by atoms with van der Waals surface area (Å²) in [7, 11) is 0. The molecule has 0 saturated heterocycles. The van der Waals surface area contributed by atoms with Crippen molar-refractivity contribution >= 4 is 11.6 Å². The molecule has 7 nitrogen and oxygen atoms in total. The van der Waals surface area contributed by atoms with Crippen LogP contribution in [0.3, 0.4) is 0 Å². The summed E-state index contributed by atoms with van der Waals surface area (Å²) in [6.45, 7) is 5.60. The van der Waals surface area contributed by atoms with Gasteiger partial charge in [0, 0.05) is 23.5 Å². The molecule has 8 heteroatoms. The van der Waals surface area contributed by atoms with E-state index in [1.807, 2.05) is 19.9 Å². The highest BCUT2D eigenvalue weighted by Crippen LogP contribution is 2.22. The predicted octanol–water partition coefficient (Wildman–Crippen LogP) is 3.23. The van der Waals surface area contributed by atoms with Crippen LogP contribution in [0.1, 0.15) is 30.0 Å². The summed E-state index contributed by atoms with van der Waals surface area (Å²) in [5.41, 5.74) is 2.39. The Morgan fingerprint density at radius 1 is 1.21 bits per heavy atom. The fraction of sp³-hybridized carbons (Fsp3) is 0.250. The minimum absolute atomic E-state index is 0.203. The molecule has 1 atom stereocenters. The molecule has 3 rings (SSSR count). The van der Waals surface area contributed by atoms with E-state index in [1.54, 1.807) is 19.2 Å². The van der Waals surface area contributed by atoms with Gasteiger partial charge >= 0.3 is 6.01 Å². The summed E-state index contributed by atoms with van der Waals surface area (Å²) in [5.74, 6) is 0.873. The van der Waals surface area contributed by atoms with Gasteiger partial charge < -0.3 is 10.1 Å². The topological polar surface area (TPSA) is 88.6 Å². The van der Waals surface area contributed by atoms with Crippen LogP contribution in [0, 0.1) is 19.7 Å². The van der Waals surface area contributed by atoms with Gasteiger partial charge in [-0.2, -0.15) is 10.1 Å². The van der Waals surface area contributed by atoms with Crippen LogP contribution in [0.2, 0.25) is 0 Å². The number of aromatic amines is 1. The van der Waals surface area contributed by atoms with Crippen LogP contribution >= 0.6 is 0 Å². The quantitative estimate of drug-likeness (QED) is 0.747. The second-order valence-corrected chi connectivity index (χ2v) is 5.41. The largest absolute Gasteiger partial charge is 0.454 e. The van der Waals surface area contributed by atoms with E-state index in [0.717, 1.165) is 17.5 Å². The Hall–Kier alpha value is -3.03. The van der Waals surface area contributed by atoms with Crippen LogP contribution in [-0.2, 0) is 0 Å². The maximum absolute atomic E-state index is 12.9. The van der Waals surface area contributed by atoms with Gasteiger partial charge in [-0.05, 0) is 32.9 Å². The van der Waals surface area contributed by atoms with Crippen molar-refractivity contribution in [1.82, 2.24) is 25.1 Å². The van der Waals surface area contributed by atoms with E-state index in [1.165, 1.54) is 6.07 Å². The van der Waals surface area contributed by atoms with Gasteiger partial charge in [0.2, 0.25) is 0 Å². The number of nitrogens with one attached hydrogen (secondary N) is 2. The van der Waals surface area contributed by atoms with Crippen molar-refractivity contribution < 1.29 is 9.13 Å². The lowest BCUT2D eigenvalue weighted by atomic mass is 10.2. The molecule has 1 unspecified atom stereocenters. The molecule has 0 aliphatic rings. The fourth-order valence-electron chi connectivity index (χ4n) is 2.06. The van der Waals surface area contributed by atoms with Crippen LogP contribution in [-0.4, -0.2) is 25.1 Å². The molecule has 0 amide bonds. The highest BCUT2D eigenvalue weighted by Gasteiger charge is 2.13. The predicted molar refractivity (Wildman–Crippen MR) is 86.6 cm³/mol. The van der Waals surface area contributed by atoms with E-state index in [-0.39, 0.29) is 6.01 Å². The molecule has 24 heavy (non-hydrogen) atoms. The number of ether oxygens (including phenoxy) is 1. The Labute approximate surface area is 138 Å². The molecule has 3 aromatic heterocycles. The zero-order valence-corrected chi connectivity index (χ0v) is 13.5. The van der Waals surface area contributed by atoms with Crippen LogP contribution in [0.4, 0.5) is 16.0 Å². The van der Waals surface area contributed by atoms with Gasteiger partial charge in [0.15, 0.2) is 5.82 Å². The summed E-state index contributed by atoms with van der Waals surface area (Å²) in [6, 6.07) is 4.98. The monoisotopic (exact) mass is 328 g/mol. The molecule has 3 aromatic rings. The molecule has 0 aliphatic heterocycles. The first kappa shape index (κ1) is 15.9. The molecule has 0 saturated carbocycles. The number of hydrogen-bond acceptors (Lipinski definition) is 6. The van der Waals surface area contributed by atoms with Gasteiger partial charge in [-0.3, -0.25) is 10.1 Å². The standard InChI is InChI=1S/C16H17FN6O/c1-9-7-19-16(21-15(9)20-14-6-10(2)22-23-14)24-11(3)13-5-4-12(17)8-18-13/h4-8,11H,1-3H3,(H2,19,20,21,22,23). The lowest BCUT2D eigenvalue weighted by molar-refractivity contribution is 0.203. The number of rotatable bonds is 5. The van der Waals surface area contributed by atoms with Crippen molar-refractivity contribution in [3.05, 3.63) is 53.4 Å². The van der Waals surface area contributed by atoms with Gasteiger partial charge in [0.1, 0.15) is 17.7 Å². The van der Waals surface area contributed by atoms with E-state index in [4.69, 9.17) is 4.74 Å². The molecule has 124 valence electrons. The third kappa shape index (κ3) is 3.65. The SMILES string of the molecule is Cc1cc(Nc2nc(OC(C)c3ccc(F)cn3)ncc2C)n[nH]1. The maximum atomic E-state index is 12.9. The summed E-state index contributed by atoms with van der Waals surface area (Å²) >= 11 is 0. The Morgan fingerprint density at radius 3 is 2.71 bits per heavy atom. The Kier molecular flexibility index (Phi) is 4.37. The molecule has 0 bridgehead atoms. The van der Waals surface area contributed by atoms with Gasteiger partial charge in [-0.15, -0.1) is 0 Å². The maximum Gasteiger partial charge on any atom is 0.319 e. The molecule has 0 spiro atoms. The number of anilines is 2. The normalized spacial score (nSPS) is 12.0. The second-order valence-electron chi connectivity index (χ2n) is 5.41. The molecule has 0 radical (unpaired) electrons. The first-order valence-corrected chi connectivity index (χ1v) is 7.42. The van der Waals surface area contributed by atoms with Crippen molar-refractivity contribution in [2.24, 2.45) is 0 Å². The number of nitrogens with zero attached hydrogens (tertiary/aromatic N) is 4. The van der Waals surface area contributed by atoms with Crippen molar-refractivity contribution in [3.8, 4) is 6.01 Å². The molecule has 0 fully saturated rings. The van der Waals surface area contributed by atoms with E-state index in [2.05, 4.69) is 30.5 Å². The van der Waals surface area contributed by atoms with Crippen LogP contribution < -0.4 is 10.1 Å². The van der Waals surface area contributed by atoms with Crippen molar-refractivity contribution in [1.29, 1.82) is 0 Å². The highest BCUT2D eigenvalue weighted by molar-refractivity contribution is 5.55. The Balaban J connectivity index is 1.76. The number of aryl methyl sites for hydroxylation is 2. The summed E-state index contributed by atoms with van der Waals surface area (Å²) < 4.78 is 18.6. The number of pyridine rings is 1. The summed E-state index contributed by atoms with van der Waals surface area (Å²) in [5, 5.41) is 10.1. The smallest absolute Gasteiger partial charge is 0.319 e. The van der Waals surface area contributed by atoms with Gasteiger partial charge in [0.05, 0.1) is 11.9 Å². The Morgan fingerprint density at radius 2 is 2.04 bits per heavy atom. The van der Waals surface area contributed by atoms with E-state index < -0.39 is 11.9 Å². The minimum atomic E-state index is -0.409. The number of halogens is 1. The second kappa shape index (κ2) is 6.61. The van der Waals surface area contributed by atoms with Crippen molar-refractivity contribution in [3.63, 3.8) is 0 Å². The zero-order chi connectivity index (χ0) is 17.1. The van der Waals surface area contributed by atoms with E-state index in [9.17, 15) is 4.39 Å². The molecule has 2 N–H and O–H groups in total. The summed E-state index contributed by atoms with van der Waals surface area (Å²) in [6.07, 6.45) is 2.40. The van der Waals surface area contributed by atoms with E-state index >= 15 is 0 Å². The molecule has 0 aliphatic carbocycles. The van der Waals surface area contributed by atoms with Crippen LogP contribution in [0.15, 0.2) is 30.6 Å². The lowest BCUT2D eigenvalue weighted by Crippen LogP contribution is -2.09. The average Bonchev–Trinajstić information content (AvgIpc) is 2.96. The molecule has 3 heterocycles. The third-order valence-electron chi connectivity index (χ3n) is 3.35. The van der Waals surface area contributed by atoms with Gasteiger partial charge in [0.25, 0.3) is 0 Å². The minimum Gasteiger partial charge on any atom is -0.454 e. The molecule has 0 aromatic carbocycles. The number of hydrogen-bond donors (Lipinski definition) is 2. The van der Waals surface area contributed by atoms with Crippen molar-refractivity contribution in [2.75, 3.05) is 5.32 Å². The lowest BCUT2D eigenvalue weighted by Gasteiger charge is -2.14. The summed E-state index contributed by atoms with van der Waals surface area (Å²) in [4.78, 5) is 12.5. The molecular formula is C16H17FN6O. The Bertz CT molecular complexity index is 833. The first-order valence-electron chi connectivity index (χ1n) is 7.42. The number of H-pyrrole nitrogens is 1. The van der Waals surface area contributed by atoms with Crippen LogP contribution in [0.25, 0.3) is 0 Å². The third-order valence-corrected chi connectivity index (χ3v) is 3.35.